The average molecular weight is 473 g/mol. The van der Waals surface area contributed by atoms with Crippen LogP contribution in [0.1, 0.15) is 28.1 Å². The first-order valence-corrected chi connectivity index (χ1v) is 11.9. The molecule has 1 atom stereocenters. The monoisotopic (exact) mass is 472 g/mol. The fraction of sp³-hybridized carbons (Fsp3) is 0.250. The molecule has 1 aromatic heterocycles. The van der Waals surface area contributed by atoms with Crippen LogP contribution < -0.4 is 10.6 Å². The van der Waals surface area contributed by atoms with Gasteiger partial charge in [0.25, 0.3) is 5.91 Å². The van der Waals surface area contributed by atoms with Crippen molar-refractivity contribution >= 4 is 40.9 Å². The maximum Gasteiger partial charge on any atom is 0.253 e. The zero-order valence-corrected chi connectivity index (χ0v) is 19.2. The van der Waals surface area contributed by atoms with E-state index < -0.39 is 6.04 Å². The van der Waals surface area contributed by atoms with E-state index in [1.54, 1.807) is 48.4 Å². The topological polar surface area (TPSA) is 80.6 Å². The van der Waals surface area contributed by atoms with Gasteiger partial charge in [-0.2, -0.15) is 11.8 Å². The van der Waals surface area contributed by atoms with Gasteiger partial charge in [-0.05, 0) is 60.4 Å². The Morgan fingerprint density at radius 3 is 2.69 bits per heavy atom. The molecule has 0 radical (unpaired) electrons. The van der Waals surface area contributed by atoms with Crippen molar-refractivity contribution in [3.05, 3.63) is 88.8 Å². The highest BCUT2D eigenvalue weighted by atomic mass is 35.5. The number of amides is 2. The lowest BCUT2D eigenvalue weighted by Gasteiger charge is -2.19. The third kappa shape index (κ3) is 7.15. The second kappa shape index (κ2) is 12.3. The fourth-order valence-electron chi connectivity index (χ4n) is 3.02. The van der Waals surface area contributed by atoms with Crippen LogP contribution in [0.25, 0.3) is 0 Å². The minimum absolute atomic E-state index is 0.284. The molecule has 0 aliphatic carbocycles. The summed E-state index contributed by atoms with van der Waals surface area (Å²) in [6, 6.07) is 17.2. The fourth-order valence-corrected chi connectivity index (χ4v) is 3.71. The highest BCUT2D eigenvalue weighted by Crippen LogP contribution is 2.17. The second-order valence-corrected chi connectivity index (χ2v) is 8.44. The molecule has 168 valence electrons. The van der Waals surface area contributed by atoms with E-state index in [0.717, 1.165) is 17.1 Å². The van der Waals surface area contributed by atoms with Gasteiger partial charge in [0.2, 0.25) is 5.91 Å². The van der Waals surface area contributed by atoms with Crippen LogP contribution in [0.3, 0.4) is 0 Å². The Bertz CT molecular complexity index is 1030. The van der Waals surface area contributed by atoms with Crippen molar-refractivity contribution in [2.24, 2.45) is 0 Å². The molecule has 3 aromatic rings. The Balaban J connectivity index is 1.61. The molecule has 0 spiro atoms. The molecular weight excluding hydrogens is 448 g/mol. The number of anilines is 1. The van der Waals surface area contributed by atoms with E-state index in [0.29, 0.717) is 35.9 Å². The summed E-state index contributed by atoms with van der Waals surface area (Å²) in [6.07, 6.45) is 4.05. The minimum atomic E-state index is -0.690. The number of benzene rings is 2. The molecular formula is C24H25ClN2O4S. The van der Waals surface area contributed by atoms with E-state index >= 15 is 0 Å². The van der Waals surface area contributed by atoms with Crippen molar-refractivity contribution in [2.75, 3.05) is 17.3 Å². The van der Waals surface area contributed by atoms with Crippen molar-refractivity contribution in [1.29, 1.82) is 0 Å². The van der Waals surface area contributed by atoms with Gasteiger partial charge >= 0.3 is 0 Å². The highest BCUT2D eigenvalue weighted by Gasteiger charge is 2.22. The lowest BCUT2D eigenvalue weighted by molar-refractivity contribution is -0.118. The van der Waals surface area contributed by atoms with Gasteiger partial charge in [-0.3, -0.25) is 9.59 Å². The summed E-state index contributed by atoms with van der Waals surface area (Å²) in [5, 5.41) is 6.05. The lowest BCUT2D eigenvalue weighted by Crippen LogP contribution is -2.44. The number of rotatable bonds is 11. The third-order valence-electron chi connectivity index (χ3n) is 4.64. The number of ether oxygens (including phenoxy) is 1. The number of thioether (sulfide) groups is 1. The minimum Gasteiger partial charge on any atom is -0.467 e. The molecule has 6 nitrogen and oxygen atoms in total. The van der Waals surface area contributed by atoms with E-state index in [4.69, 9.17) is 20.8 Å². The number of halogens is 1. The summed E-state index contributed by atoms with van der Waals surface area (Å²) in [7, 11) is 0. The normalized spacial score (nSPS) is 11.7. The Kier molecular flexibility index (Phi) is 9.22. The molecule has 0 aliphatic heterocycles. The van der Waals surface area contributed by atoms with E-state index in [1.807, 2.05) is 36.6 Å². The van der Waals surface area contributed by atoms with Gasteiger partial charge in [0, 0.05) is 5.69 Å². The number of furan rings is 1. The predicted octanol–water partition coefficient (Wildman–Crippen LogP) is 5.14. The van der Waals surface area contributed by atoms with Crippen LogP contribution in [0, 0.1) is 0 Å². The van der Waals surface area contributed by atoms with Crippen LogP contribution in [-0.2, 0) is 22.7 Å². The van der Waals surface area contributed by atoms with E-state index in [2.05, 4.69) is 10.6 Å². The summed E-state index contributed by atoms with van der Waals surface area (Å²) in [5.74, 6) is 0.812. The smallest absolute Gasteiger partial charge is 0.253 e. The van der Waals surface area contributed by atoms with Gasteiger partial charge in [-0.25, -0.2) is 0 Å². The molecule has 0 saturated heterocycles. The summed E-state index contributed by atoms with van der Waals surface area (Å²) >= 11 is 7.73. The molecule has 8 heteroatoms. The number of carbonyl (C=O) groups excluding carboxylic acids is 2. The lowest BCUT2D eigenvalue weighted by atomic mass is 10.1. The number of carbonyl (C=O) groups is 2. The summed E-state index contributed by atoms with van der Waals surface area (Å²) in [4.78, 5) is 25.6. The number of hydrogen-bond donors (Lipinski definition) is 2. The van der Waals surface area contributed by atoms with Gasteiger partial charge in [0.05, 0.1) is 23.5 Å². The van der Waals surface area contributed by atoms with Gasteiger partial charge < -0.3 is 19.8 Å². The van der Waals surface area contributed by atoms with Crippen molar-refractivity contribution in [2.45, 2.75) is 25.7 Å². The molecule has 0 fully saturated rings. The second-order valence-electron chi connectivity index (χ2n) is 7.05. The molecule has 1 heterocycles. The molecule has 0 aliphatic rings. The Morgan fingerprint density at radius 2 is 1.94 bits per heavy atom. The van der Waals surface area contributed by atoms with Crippen LogP contribution >= 0.6 is 23.4 Å². The van der Waals surface area contributed by atoms with Gasteiger partial charge in [0.1, 0.15) is 18.4 Å². The summed E-state index contributed by atoms with van der Waals surface area (Å²) in [6.45, 7) is 0.748. The highest BCUT2D eigenvalue weighted by molar-refractivity contribution is 7.98. The van der Waals surface area contributed by atoms with Crippen LogP contribution in [0.4, 0.5) is 5.69 Å². The van der Waals surface area contributed by atoms with Crippen LogP contribution in [0.5, 0.6) is 0 Å². The molecule has 0 saturated carbocycles. The molecule has 2 amide bonds. The van der Waals surface area contributed by atoms with Crippen molar-refractivity contribution in [3.63, 3.8) is 0 Å². The van der Waals surface area contributed by atoms with Crippen molar-refractivity contribution in [1.82, 2.24) is 5.32 Å². The van der Waals surface area contributed by atoms with Crippen molar-refractivity contribution in [3.8, 4) is 0 Å². The van der Waals surface area contributed by atoms with Crippen LogP contribution in [0.15, 0.2) is 71.3 Å². The first-order valence-electron chi connectivity index (χ1n) is 10.1. The summed E-state index contributed by atoms with van der Waals surface area (Å²) in [5.41, 5.74) is 1.89. The average Bonchev–Trinajstić information content (AvgIpc) is 3.30. The maximum atomic E-state index is 12.9. The Hall–Kier alpha value is -2.74. The number of nitrogens with one attached hydrogen (secondary N) is 2. The van der Waals surface area contributed by atoms with E-state index in [1.165, 1.54) is 0 Å². The molecule has 2 N–H and O–H groups in total. The molecule has 32 heavy (non-hydrogen) atoms. The SMILES string of the molecule is CSCCC(NC(=O)c1ccccc1Cl)C(=O)Nc1cccc(COCc2ccco2)c1. The van der Waals surface area contributed by atoms with E-state index in [-0.39, 0.29) is 11.8 Å². The first-order chi connectivity index (χ1) is 15.6. The largest absolute Gasteiger partial charge is 0.467 e. The zero-order chi connectivity index (χ0) is 22.8. The van der Waals surface area contributed by atoms with Gasteiger partial charge in [-0.15, -0.1) is 0 Å². The quantitative estimate of drug-likeness (QED) is 0.404. The van der Waals surface area contributed by atoms with Crippen molar-refractivity contribution < 1.29 is 18.7 Å². The Morgan fingerprint density at radius 1 is 1.09 bits per heavy atom. The summed E-state index contributed by atoms with van der Waals surface area (Å²) < 4.78 is 10.9. The number of hydrogen-bond acceptors (Lipinski definition) is 5. The van der Waals surface area contributed by atoms with E-state index in [9.17, 15) is 9.59 Å². The van der Waals surface area contributed by atoms with Crippen LogP contribution in [0.2, 0.25) is 5.02 Å². The molecule has 3 rings (SSSR count). The molecule has 1 unspecified atom stereocenters. The van der Waals surface area contributed by atoms with Gasteiger partial charge in [0.15, 0.2) is 0 Å². The maximum absolute atomic E-state index is 12.9. The van der Waals surface area contributed by atoms with Gasteiger partial charge in [-0.1, -0.05) is 35.9 Å². The molecule has 0 bridgehead atoms. The first kappa shape index (κ1) is 23.9. The standard InChI is InChI=1S/C24H25ClN2O4S/c1-32-13-11-22(27-23(28)20-9-2-3-10-21(20)25)24(29)26-18-7-4-6-17(14-18)15-30-16-19-8-5-12-31-19/h2-10,12,14,22H,11,13,15-16H2,1H3,(H,26,29)(H,27,28). The van der Waals surface area contributed by atoms with Crippen LogP contribution in [-0.4, -0.2) is 29.9 Å². The Labute approximate surface area is 196 Å². The predicted molar refractivity (Wildman–Crippen MR) is 128 cm³/mol. The third-order valence-corrected chi connectivity index (χ3v) is 5.61. The zero-order valence-electron chi connectivity index (χ0n) is 17.7. The molecule has 2 aromatic carbocycles.